The van der Waals surface area contributed by atoms with E-state index < -0.39 is 10.0 Å². The van der Waals surface area contributed by atoms with Gasteiger partial charge in [0.1, 0.15) is 5.82 Å². The van der Waals surface area contributed by atoms with Crippen molar-refractivity contribution in [3.63, 3.8) is 0 Å². The second-order valence-electron chi connectivity index (χ2n) is 7.48. The van der Waals surface area contributed by atoms with Gasteiger partial charge < -0.3 is 9.80 Å². The molecule has 0 bridgehead atoms. The van der Waals surface area contributed by atoms with Gasteiger partial charge in [0.2, 0.25) is 10.0 Å². The Kier molecular flexibility index (Phi) is 5.99. The van der Waals surface area contributed by atoms with Crippen molar-refractivity contribution in [1.82, 2.24) is 9.21 Å². The van der Waals surface area contributed by atoms with E-state index in [2.05, 4.69) is 0 Å². The minimum Gasteiger partial charge on any atom is -0.366 e. The molecule has 2 fully saturated rings. The number of benzene rings is 2. The third kappa shape index (κ3) is 4.04. The molecular weight excluding hydrogens is 429 g/mol. The Labute approximate surface area is 180 Å². The Balaban J connectivity index is 1.51. The van der Waals surface area contributed by atoms with Gasteiger partial charge in [-0.05, 0) is 43.2 Å². The first-order valence-electron chi connectivity index (χ1n) is 9.96. The molecule has 0 radical (unpaired) electrons. The molecule has 2 heterocycles. The van der Waals surface area contributed by atoms with Crippen LogP contribution in [0.3, 0.4) is 0 Å². The maximum absolute atomic E-state index is 14.0. The van der Waals surface area contributed by atoms with Crippen LogP contribution in [0.4, 0.5) is 10.1 Å². The molecule has 4 rings (SSSR count). The summed E-state index contributed by atoms with van der Waals surface area (Å²) in [4.78, 5) is 16.7. The van der Waals surface area contributed by atoms with Crippen LogP contribution < -0.4 is 4.90 Å². The molecule has 2 aliphatic heterocycles. The van der Waals surface area contributed by atoms with Gasteiger partial charge in [0.05, 0.1) is 21.2 Å². The Bertz CT molecular complexity index is 1050. The first-order valence-corrected chi connectivity index (χ1v) is 11.8. The van der Waals surface area contributed by atoms with E-state index in [1.807, 2.05) is 4.90 Å². The highest BCUT2D eigenvalue weighted by atomic mass is 35.5. The van der Waals surface area contributed by atoms with Crippen molar-refractivity contribution in [1.29, 1.82) is 0 Å². The van der Waals surface area contributed by atoms with Gasteiger partial charge in [-0.2, -0.15) is 4.31 Å². The third-order valence-electron chi connectivity index (χ3n) is 5.63. The zero-order chi connectivity index (χ0) is 21.3. The summed E-state index contributed by atoms with van der Waals surface area (Å²) in [6, 6.07) is 10.8. The fourth-order valence-electron chi connectivity index (χ4n) is 3.94. The lowest BCUT2D eigenvalue weighted by molar-refractivity contribution is 0.0746. The number of hydrogen-bond acceptors (Lipinski definition) is 4. The fourth-order valence-corrected chi connectivity index (χ4v) is 5.68. The van der Waals surface area contributed by atoms with Crippen LogP contribution in [-0.4, -0.2) is 62.8 Å². The van der Waals surface area contributed by atoms with E-state index in [0.717, 1.165) is 12.8 Å². The summed E-state index contributed by atoms with van der Waals surface area (Å²) in [7, 11) is -3.64. The maximum Gasteiger partial charge on any atom is 0.255 e. The van der Waals surface area contributed by atoms with E-state index in [9.17, 15) is 17.6 Å². The Morgan fingerprint density at radius 1 is 0.933 bits per heavy atom. The molecule has 0 aliphatic carbocycles. The molecule has 0 spiro atoms. The molecular formula is C21H23ClFN3O3S. The number of carbonyl (C=O) groups excluding carboxylic acids is 1. The van der Waals surface area contributed by atoms with Crippen molar-refractivity contribution in [3.8, 4) is 0 Å². The highest BCUT2D eigenvalue weighted by Crippen LogP contribution is 2.27. The molecule has 1 amide bonds. The van der Waals surface area contributed by atoms with Crippen LogP contribution in [0.25, 0.3) is 0 Å². The van der Waals surface area contributed by atoms with Crippen molar-refractivity contribution in [3.05, 3.63) is 58.9 Å². The molecule has 2 aromatic rings. The second kappa shape index (κ2) is 8.53. The molecule has 160 valence electrons. The highest BCUT2D eigenvalue weighted by Gasteiger charge is 2.30. The predicted molar refractivity (Wildman–Crippen MR) is 114 cm³/mol. The average molecular weight is 452 g/mol. The molecule has 0 aromatic heterocycles. The van der Waals surface area contributed by atoms with E-state index in [4.69, 9.17) is 11.6 Å². The quantitative estimate of drug-likeness (QED) is 0.716. The van der Waals surface area contributed by atoms with Crippen LogP contribution in [0.2, 0.25) is 5.02 Å². The lowest BCUT2D eigenvalue weighted by Gasteiger charge is -2.36. The molecule has 30 heavy (non-hydrogen) atoms. The molecule has 6 nitrogen and oxygen atoms in total. The number of nitrogens with zero attached hydrogens (tertiary/aromatic N) is 3. The number of amides is 1. The van der Waals surface area contributed by atoms with Crippen LogP contribution in [0.1, 0.15) is 23.2 Å². The van der Waals surface area contributed by atoms with Gasteiger partial charge in [-0.25, -0.2) is 12.8 Å². The van der Waals surface area contributed by atoms with Gasteiger partial charge in [-0.3, -0.25) is 4.79 Å². The molecule has 0 N–H and O–H groups in total. The number of rotatable bonds is 4. The van der Waals surface area contributed by atoms with Crippen LogP contribution in [0.5, 0.6) is 0 Å². The van der Waals surface area contributed by atoms with E-state index in [0.29, 0.717) is 45.0 Å². The van der Waals surface area contributed by atoms with Gasteiger partial charge in [-0.1, -0.05) is 23.7 Å². The number of carbonyl (C=O) groups is 1. The zero-order valence-electron chi connectivity index (χ0n) is 16.4. The molecule has 9 heteroatoms. The van der Waals surface area contributed by atoms with Crippen molar-refractivity contribution in [2.45, 2.75) is 17.7 Å². The predicted octanol–water partition coefficient (Wildman–Crippen LogP) is 3.23. The molecule has 0 atom stereocenters. The minimum absolute atomic E-state index is 0.0853. The van der Waals surface area contributed by atoms with Gasteiger partial charge in [0, 0.05) is 39.3 Å². The zero-order valence-corrected chi connectivity index (χ0v) is 18.0. The number of para-hydroxylation sites is 1. The Morgan fingerprint density at radius 2 is 1.60 bits per heavy atom. The standard InChI is InChI=1S/C21H23ClFN3O3S/c22-18-8-7-16(30(28,29)26-9-3-4-10-26)15-17(18)21(27)25-13-11-24(12-14-25)20-6-2-1-5-19(20)23/h1-2,5-8,15H,3-4,9-14H2. The molecule has 2 saturated heterocycles. The number of halogens is 2. The first-order chi connectivity index (χ1) is 14.4. The van der Waals surface area contributed by atoms with Crippen LogP contribution in [0.15, 0.2) is 47.4 Å². The summed E-state index contributed by atoms with van der Waals surface area (Å²) in [5, 5.41) is 0.219. The van der Waals surface area contributed by atoms with E-state index in [1.54, 1.807) is 23.1 Å². The smallest absolute Gasteiger partial charge is 0.255 e. The largest absolute Gasteiger partial charge is 0.366 e. The van der Waals surface area contributed by atoms with Gasteiger partial charge in [0.25, 0.3) is 5.91 Å². The molecule has 2 aliphatic rings. The average Bonchev–Trinajstić information content (AvgIpc) is 3.30. The topological polar surface area (TPSA) is 60.9 Å². The maximum atomic E-state index is 14.0. The van der Waals surface area contributed by atoms with Crippen LogP contribution in [0, 0.1) is 5.82 Å². The second-order valence-corrected chi connectivity index (χ2v) is 9.83. The number of hydrogen-bond donors (Lipinski definition) is 0. The molecule has 0 saturated carbocycles. The summed E-state index contributed by atoms with van der Waals surface area (Å²) in [5.41, 5.74) is 0.692. The summed E-state index contributed by atoms with van der Waals surface area (Å²) in [6.07, 6.45) is 1.68. The lowest BCUT2D eigenvalue weighted by atomic mass is 10.1. The Morgan fingerprint density at radius 3 is 2.27 bits per heavy atom. The first kappa shape index (κ1) is 21.1. The van der Waals surface area contributed by atoms with E-state index in [1.165, 1.54) is 28.6 Å². The third-order valence-corrected chi connectivity index (χ3v) is 7.86. The van der Waals surface area contributed by atoms with Crippen LogP contribution >= 0.6 is 11.6 Å². The van der Waals surface area contributed by atoms with Crippen molar-refractivity contribution < 1.29 is 17.6 Å². The van der Waals surface area contributed by atoms with Gasteiger partial charge >= 0.3 is 0 Å². The van der Waals surface area contributed by atoms with Crippen molar-refractivity contribution in [2.24, 2.45) is 0 Å². The van der Waals surface area contributed by atoms with E-state index in [-0.39, 0.29) is 27.2 Å². The SMILES string of the molecule is O=C(c1cc(S(=O)(=O)N2CCCC2)ccc1Cl)N1CCN(c2ccccc2F)CC1. The summed E-state index contributed by atoms with van der Waals surface area (Å²) in [6.45, 7) is 2.74. The van der Waals surface area contributed by atoms with E-state index >= 15 is 0 Å². The highest BCUT2D eigenvalue weighted by molar-refractivity contribution is 7.89. The number of piperazine rings is 1. The van der Waals surface area contributed by atoms with Crippen LogP contribution in [-0.2, 0) is 10.0 Å². The summed E-state index contributed by atoms with van der Waals surface area (Å²) in [5.74, 6) is -0.605. The monoisotopic (exact) mass is 451 g/mol. The number of anilines is 1. The molecule has 0 unspecified atom stereocenters. The van der Waals surface area contributed by atoms with Crippen molar-refractivity contribution >= 4 is 33.2 Å². The Hall–Kier alpha value is -2.16. The lowest BCUT2D eigenvalue weighted by Crippen LogP contribution is -2.49. The summed E-state index contributed by atoms with van der Waals surface area (Å²) < 4.78 is 41.2. The van der Waals surface area contributed by atoms with Gasteiger partial charge in [0.15, 0.2) is 0 Å². The summed E-state index contributed by atoms with van der Waals surface area (Å²) >= 11 is 6.25. The van der Waals surface area contributed by atoms with Crippen molar-refractivity contribution in [2.75, 3.05) is 44.2 Å². The van der Waals surface area contributed by atoms with Gasteiger partial charge in [-0.15, -0.1) is 0 Å². The minimum atomic E-state index is -3.64. The number of sulfonamides is 1. The fraction of sp³-hybridized carbons (Fsp3) is 0.381. The normalized spacial score (nSPS) is 18.1. The molecule has 2 aromatic carbocycles.